The monoisotopic (exact) mass is 380 g/mol. The summed E-state index contributed by atoms with van der Waals surface area (Å²) in [6, 6.07) is 14.7. The zero-order chi connectivity index (χ0) is 18.4. The summed E-state index contributed by atoms with van der Waals surface area (Å²) in [4.78, 5) is 12.3. The molecule has 1 N–H and O–H groups in total. The van der Waals surface area contributed by atoms with E-state index in [0.29, 0.717) is 17.1 Å². The Balaban J connectivity index is 2.04. The maximum absolute atomic E-state index is 12.3. The first-order valence-electron chi connectivity index (χ1n) is 7.81. The third-order valence-corrected chi connectivity index (χ3v) is 5.24. The molecule has 0 atom stereocenters. The highest BCUT2D eigenvalue weighted by molar-refractivity contribution is 7.88. The molecule has 2 aromatic rings. The fourth-order valence-electron chi connectivity index (χ4n) is 2.34. The zero-order valence-corrected chi connectivity index (χ0v) is 15.8. The van der Waals surface area contributed by atoms with Gasteiger partial charge in [0.05, 0.1) is 12.8 Å². The van der Waals surface area contributed by atoms with Gasteiger partial charge in [0.25, 0.3) is 0 Å². The molecule has 0 radical (unpaired) electrons. The lowest BCUT2D eigenvalue weighted by Crippen LogP contribution is -2.38. The van der Waals surface area contributed by atoms with Gasteiger partial charge in [0, 0.05) is 17.3 Å². The lowest BCUT2D eigenvalue weighted by atomic mass is 10.1. The molecule has 0 heterocycles. The third kappa shape index (κ3) is 6.16. The van der Waals surface area contributed by atoms with E-state index in [1.54, 1.807) is 18.2 Å². The molecule has 2 aromatic carbocycles. The first kappa shape index (κ1) is 19.4. The van der Waals surface area contributed by atoms with E-state index in [-0.39, 0.29) is 13.1 Å². The summed E-state index contributed by atoms with van der Waals surface area (Å²) in [7, 11) is -3.49. The largest absolute Gasteiger partial charge is 0.325 e. The van der Waals surface area contributed by atoms with Crippen molar-refractivity contribution >= 4 is 33.2 Å². The van der Waals surface area contributed by atoms with Crippen molar-refractivity contribution in [3.05, 3.63) is 64.7 Å². The number of nitrogens with zero attached hydrogens (tertiary/aromatic N) is 1. The molecule has 5 nitrogen and oxygen atoms in total. The van der Waals surface area contributed by atoms with Gasteiger partial charge in [-0.15, -0.1) is 0 Å². The van der Waals surface area contributed by atoms with Crippen molar-refractivity contribution in [2.24, 2.45) is 0 Å². The molecule has 0 aliphatic carbocycles. The van der Waals surface area contributed by atoms with Crippen LogP contribution in [0.2, 0.25) is 5.02 Å². The minimum Gasteiger partial charge on any atom is -0.325 e. The second kappa shape index (κ2) is 8.47. The molecule has 0 fully saturated rings. The van der Waals surface area contributed by atoms with Crippen LogP contribution in [0.25, 0.3) is 0 Å². The first-order chi connectivity index (χ1) is 11.8. The maximum Gasteiger partial charge on any atom is 0.239 e. The molecular formula is C18H21ClN2O3S. The van der Waals surface area contributed by atoms with Gasteiger partial charge in [-0.1, -0.05) is 48.0 Å². The summed E-state index contributed by atoms with van der Waals surface area (Å²) in [5, 5.41) is 3.23. The van der Waals surface area contributed by atoms with Gasteiger partial charge in [-0.25, -0.2) is 8.42 Å². The van der Waals surface area contributed by atoms with Gasteiger partial charge in [-0.3, -0.25) is 4.79 Å². The van der Waals surface area contributed by atoms with E-state index < -0.39 is 15.9 Å². The average Bonchev–Trinajstić information content (AvgIpc) is 2.55. The highest BCUT2D eigenvalue weighted by Gasteiger charge is 2.20. The number of anilines is 1. The SMILES string of the molecule is Cc1ccc(Cl)cc1NC(=O)CN(CCc1ccccc1)S(C)(=O)=O. The van der Waals surface area contributed by atoms with Gasteiger partial charge in [0.15, 0.2) is 0 Å². The van der Waals surface area contributed by atoms with E-state index in [0.717, 1.165) is 17.4 Å². The van der Waals surface area contributed by atoms with Gasteiger partial charge < -0.3 is 5.32 Å². The second-order valence-corrected chi connectivity index (χ2v) is 8.26. The number of rotatable bonds is 7. The number of sulfonamides is 1. The molecule has 1 amide bonds. The average molecular weight is 381 g/mol. The molecule has 134 valence electrons. The van der Waals surface area contributed by atoms with Crippen molar-refractivity contribution in [1.82, 2.24) is 4.31 Å². The lowest BCUT2D eigenvalue weighted by Gasteiger charge is -2.20. The molecule has 0 aliphatic rings. The predicted octanol–water partition coefficient (Wildman–Crippen LogP) is 3.09. The molecule has 0 bridgehead atoms. The fourth-order valence-corrected chi connectivity index (χ4v) is 3.29. The Bertz CT molecular complexity index is 839. The van der Waals surface area contributed by atoms with Crippen LogP contribution >= 0.6 is 11.6 Å². The Kier molecular flexibility index (Phi) is 6.58. The number of carbonyl (C=O) groups is 1. The molecule has 0 saturated heterocycles. The standard InChI is InChI=1S/C18H21ClN2O3S/c1-14-8-9-16(19)12-17(14)20-18(22)13-21(25(2,23)24)11-10-15-6-4-3-5-7-15/h3-9,12H,10-11,13H2,1-2H3,(H,20,22). The van der Waals surface area contributed by atoms with E-state index in [2.05, 4.69) is 5.32 Å². The molecule has 2 rings (SSSR count). The highest BCUT2D eigenvalue weighted by atomic mass is 35.5. The molecule has 0 spiro atoms. The molecular weight excluding hydrogens is 360 g/mol. The molecule has 25 heavy (non-hydrogen) atoms. The van der Waals surface area contributed by atoms with E-state index in [4.69, 9.17) is 11.6 Å². The molecule has 0 saturated carbocycles. The van der Waals surface area contributed by atoms with Crippen LogP contribution in [0.3, 0.4) is 0 Å². The van der Waals surface area contributed by atoms with E-state index in [9.17, 15) is 13.2 Å². The summed E-state index contributed by atoms with van der Waals surface area (Å²) >= 11 is 5.94. The summed E-state index contributed by atoms with van der Waals surface area (Å²) in [6.45, 7) is 1.85. The number of benzene rings is 2. The number of halogens is 1. The van der Waals surface area contributed by atoms with Gasteiger partial charge in [-0.2, -0.15) is 4.31 Å². The zero-order valence-electron chi connectivity index (χ0n) is 14.2. The van der Waals surface area contributed by atoms with Crippen molar-refractivity contribution in [3.8, 4) is 0 Å². The molecule has 7 heteroatoms. The van der Waals surface area contributed by atoms with Crippen LogP contribution in [0.4, 0.5) is 5.69 Å². The Hall–Kier alpha value is -1.89. The van der Waals surface area contributed by atoms with Crippen molar-refractivity contribution in [2.75, 3.05) is 24.7 Å². The molecule has 0 aromatic heterocycles. The van der Waals surface area contributed by atoms with Gasteiger partial charge in [0.2, 0.25) is 15.9 Å². The Labute approximate surface area is 153 Å². The van der Waals surface area contributed by atoms with E-state index >= 15 is 0 Å². The topological polar surface area (TPSA) is 66.5 Å². The van der Waals surface area contributed by atoms with Gasteiger partial charge >= 0.3 is 0 Å². The number of hydrogen-bond acceptors (Lipinski definition) is 3. The van der Waals surface area contributed by atoms with Gasteiger partial charge in [0.1, 0.15) is 0 Å². The van der Waals surface area contributed by atoms with Crippen molar-refractivity contribution in [1.29, 1.82) is 0 Å². The van der Waals surface area contributed by atoms with Gasteiger partial charge in [-0.05, 0) is 36.6 Å². The number of aryl methyl sites for hydroxylation is 1. The summed E-state index contributed by atoms with van der Waals surface area (Å²) in [5.74, 6) is -0.399. The first-order valence-corrected chi connectivity index (χ1v) is 10.0. The third-order valence-electron chi connectivity index (χ3n) is 3.76. The van der Waals surface area contributed by atoms with E-state index in [1.165, 1.54) is 4.31 Å². The maximum atomic E-state index is 12.3. The van der Waals surface area contributed by atoms with Crippen LogP contribution in [-0.4, -0.2) is 38.0 Å². The van der Waals surface area contributed by atoms with Crippen molar-refractivity contribution in [2.45, 2.75) is 13.3 Å². The number of hydrogen-bond donors (Lipinski definition) is 1. The van der Waals surface area contributed by atoms with Crippen molar-refractivity contribution < 1.29 is 13.2 Å². The normalized spacial score (nSPS) is 11.5. The summed E-state index contributed by atoms with van der Waals surface area (Å²) in [5.41, 5.74) is 2.45. The fraction of sp³-hybridized carbons (Fsp3) is 0.278. The second-order valence-electron chi connectivity index (χ2n) is 5.84. The predicted molar refractivity (Wildman–Crippen MR) is 101 cm³/mol. The van der Waals surface area contributed by atoms with Crippen LogP contribution in [0.5, 0.6) is 0 Å². The van der Waals surface area contributed by atoms with Crippen LogP contribution < -0.4 is 5.32 Å². The minimum atomic E-state index is -3.49. The Morgan fingerprint density at radius 2 is 1.84 bits per heavy atom. The van der Waals surface area contributed by atoms with E-state index in [1.807, 2.05) is 37.3 Å². The molecule has 0 aliphatic heterocycles. The van der Waals surface area contributed by atoms with Crippen LogP contribution in [0.1, 0.15) is 11.1 Å². The minimum absolute atomic E-state index is 0.238. The highest BCUT2D eigenvalue weighted by Crippen LogP contribution is 2.20. The van der Waals surface area contributed by atoms with Crippen LogP contribution in [-0.2, 0) is 21.2 Å². The van der Waals surface area contributed by atoms with Crippen LogP contribution in [0, 0.1) is 6.92 Å². The Morgan fingerprint density at radius 3 is 2.48 bits per heavy atom. The summed E-state index contributed by atoms with van der Waals surface area (Å²) < 4.78 is 25.1. The molecule has 0 unspecified atom stereocenters. The quantitative estimate of drug-likeness (QED) is 0.802. The number of nitrogens with one attached hydrogen (secondary N) is 1. The number of carbonyl (C=O) groups excluding carboxylic acids is 1. The van der Waals surface area contributed by atoms with Crippen LogP contribution in [0.15, 0.2) is 48.5 Å². The number of amides is 1. The smallest absolute Gasteiger partial charge is 0.239 e. The Morgan fingerprint density at radius 1 is 1.16 bits per heavy atom. The van der Waals surface area contributed by atoms with Crippen molar-refractivity contribution in [3.63, 3.8) is 0 Å². The summed E-state index contributed by atoms with van der Waals surface area (Å²) in [6.07, 6.45) is 1.65. The lowest BCUT2D eigenvalue weighted by molar-refractivity contribution is -0.116.